The molecule has 0 amide bonds. The van der Waals surface area contributed by atoms with E-state index in [1.165, 1.54) is 25.0 Å². The number of nitrogens with one attached hydrogen (secondary N) is 1. The first-order valence-corrected chi connectivity index (χ1v) is 9.36. The molecule has 1 fully saturated rings. The molecule has 1 unspecified atom stereocenters. The van der Waals surface area contributed by atoms with Crippen LogP contribution < -0.4 is 5.32 Å². The zero-order valence-electron chi connectivity index (χ0n) is 16.9. The molecule has 0 aromatic heterocycles. The maximum Gasteiger partial charge on any atom is 0.403 e. The van der Waals surface area contributed by atoms with Gasteiger partial charge in [0.1, 0.15) is 11.9 Å². The van der Waals surface area contributed by atoms with Crippen molar-refractivity contribution in [2.75, 3.05) is 39.8 Å². The van der Waals surface area contributed by atoms with Gasteiger partial charge in [0.2, 0.25) is 0 Å². The summed E-state index contributed by atoms with van der Waals surface area (Å²) in [4.78, 5) is 7.99. The van der Waals surface area contributed by atoms with E-state index in [2.05, 4.69) is 10.3 Å². The summed E-state index contributed by atoms with van der Waals surface area (Å²) in [7, 11) is 1.51. The molecule has 1 saturated heterocycles. The van der Waals surface area contributed by atoms with Crippen LogP contribution in [0.1, 0.15) is 25.0 Å². The maximum atomic E-state index is 13.7. The highest BCUT2D eigenvalue weighted by Crippen LogP contribution is 2.25. The summed E-state index contributed by atoms with van der Waals surface area (Å²) in [6.45, 7) is 5.87. The molecule has 2 rings (SSSR count). The lowest BCUT2D eigenvalue weighted by Gasteiger charge is -2.39. The third-order valence-corrected chi connectivity index (χ3v) is 4.79. The predicted octanol–water partition coefficient (Wildman–Crippen LogP) is 3.62. The normalized spacial score (nSPS) is 17.1. The number of hydrogen-bond acceptors (Lipinski definition) is 3. The van der Waals surface area contributed by atoms with E-state index in [1.807, 2.05) is 11.8 Å². The summed E-state index contributed by atoms with van der Waals surface area (Å²) in [5.41, 5.74) is 1.31. The van der Waals surface area contributed by atoms with Gasteiger partial charge in [-0.3, -0.25) is 4.90 Å². The molecule has 1 aliphatic rings. The number of ether oxygens (including phenoxy) is 1. The highest BCUT2D eigenvalue weighted by atomic mass is 127. The number of halogens is 5. The Hall–Kier alpha value is -1.14. The molecule has 1 aliphatic heterocycles. The summed E-state index contributed by atoms with van der Waals surface area (Å²) in [5, 5.41) is 3.18. The molecule has 1 heterocycles. The SMILES string of the molecule is CCNC(=NCc1ccc(F)c(COC)c1)N1CCN(C(C)C(F)(F)F)CC1.I. The second-order valence-corrected chi connectivity index (χ2v) is 6.77. The Morgan fingerprint density at radius 2 is 1.90 bits per heavy atom. The summed E-state index contributed by atoms with van der Waals surface area (Å²) in [5.74, 6) is 0.329. The summed E-state index contributed by atoms with van der Waals surface area (Å²) >= 11 is 0. The molecule has 0 bridgehead atoms. The molecule has 1 atom stereocenters. The Balaban J connectivity index is 0.00000420. The summed E-state index contributed by atoms with van der Waals surface area (Å²) in [6, 6.07) is 3.33. The van der Waals surface area contributed by atoms with Crippen LogP contribution in [-0.2, 0) is 17.9 Å². The smallest absolute Gasteiger partial charge is 0.380 e. The monoisotopic (exact) mass is 532 g/mol. The molecule has 166 valence electrons. The molecule has 5 nitrogen and oxygen atoms in total. The van der Waals surface area contributed by atoms with Crippen LogP contribution in [0.3, 0.4) is 0 Å². The minimum absolute atomic E-state index is 0. The predicted molar refractivity (Wildman–Crippen MR) is 116 cm³/mol. The van der Waals surface area contributed by atoms with Crippen molar-refractivity contribution in [3.63, 3.8) is 0 Å². The van der Waals surface area contributed by atoms with Gasteiger partial charge >= 0.3 is 6.18 Å². The van der Waals surface area contributed by atoms with Crippen molar-refractivity contribution in [2.45, 2.75) is 39.2 Å². The summed E-state index contributed by atoms with van der Waals surface area (Å²) in [6.07, 6.45) is -4.22. The van der Waals surface area contributed by atoms with Crippen molar-refractivity contribution in [2.24, 2.45) is 4.99 Å². The van der Waals surface area contributed by atoms with Crippen molar-refractivity contribution in [1.82, 2.24) is 15.1 Å². The van der Waals surface area contributed by atoms with E-state index in [0.717, 1.165) is 5.56 Å². The lowest BCUT2D eigenvalue weighted by Crippen LogP contribution is -2.56. The Bertz CT molecular complexity index is 664. The van der Waals surface area contributed by atoms with Crippen molar-refractivity contribution in [3.05, 3.63) is 35.1 Å². The van der Waals surface area contributed by atoms with E-state index < -0.39 is 12.2 Å². The number of aliphatic imine (C=N–C) groups is 1. The number of guanidine groups is 1. The first-order valence-electron chi connectivity index (χ1n) is 9.36. The Kier molecular flexibility index (Phi) is 10.6. The number of benzene rings is 1. The zero-order valence-corrected chi connectivity index (χ0v) is 19.3. The van der Waals surface area contributed by atoms with Gasteiger partial charge in [0.05, 0.1) is 13.2 Å². The third kappa shape index (κ3) is 7.56. The van der Waals surface area contributed by atoms with E-state index in [4.69, 9.17) is 4.74 Å². The van der Waals surface area contributed by atoms with Crippen molar-refractivity contribution < 1.29 is 22.3 Å². The van der Waals surface area contributed by atoms with E-state index in [1.54, 1.807) is 12.1 Å². The van der Waals surface area contributed by atoms with Crippen molar-refractivity contribution in [3.8, 4) is 0 Å². The Labute approximate surface area is 186 Å². The van der Waals surface area contributed by atoms with E-state index >= 15 is 0 Å². The maximum absolute atomic E-state index is 13.7. The van der Waals surface area contributed by atoms with E-state index in [-0.39, 0.29) is 36.4 Å². The molecular formula is C19H29F4IN4O. The molecule has 0 radical (unpaired) electrons. The van der Waals surface area contributed by atoms with Gasteiger partial charge in [-0.2, -0.15) is 13.2 Å². The van der Waals surface area contributed by atoms with E-state index in [9.17, 15) is 17.6 Å². The number of methoxy groups -OCH3 is 1. The molecule has 1 aromatic rings. The van der Waals surface area contributed by atoms with Crippen LogP contribution in [-0.4, -0.2) is 67.8 Å². The van der Waals surface area contributed by atoms with Gasteiger partial charge in [-0.05, 0) is 31.5 Å². The first-order chi connectivity index (χ1) is 13.3. The van der Waals surface area contributed by atoms with Gasteiger partial charge in [-0.15, -0.1) is 24.0 Å². The largest absolute Gasteiger partial charge is 0.403 e. The lowest BCUT2D eigenvalue weighted by molar-refractivity contribution is -0.181. The molecule has 0 spiro atoms. The van der Waals surface area contributed by atoms with Crippen LogP contribution >= 0.6 is 24.0 Å². The van der Waals surface area contributed by atoms with Crippen LogP contribution in [0.4, 0.5) is 17.6 Å². The van der Waals surface area contributed by atoms with Gasteiger partial charge in [-0.25, -0.2) is 9.38 Å². The molecule has 1 N–H and O–H groups in total. The zero-order chi connectivity index (χ0) is 20.7. The second kappa shape index (κ2) is 11.9. The fourth-order valence-electron chi connectivity index (χ4n) is 3.11. The van der Waals surface area contributed by atoms with Gasteiger partial charge in [0.15, 0.2) is 5.96 Å². The fourth-order valence-corrected chi connectivity index (χ4v) is 3.11. The fraction of sp³-hybridized carbons (Fsp3) is 0.632. The molecular weight excluding hydrogens is 503 g/mol. The third-order valence-electron chi connectivity index (χ3n) is 4.79. The van der Waals surface area contributed by atoms with Crippen LogP contribution in [0.5, 0.6) is 0 Å². The average Bonchev–Trinajstić information content (AvgIpc) is 2.66. The standard InChI is InChI=1S/C19H28F4N4O.HI/c1-4-24-18(25-12-15-5-6-17(20)16(11-15)13-28-3)27-9-7-26(8-10-27)14(2)19(21,22)23;/h5-6,11,14H,4,7-10,12-13H2,1-3H3,(H,24,25);1H. The van der Waals surface area contributed by atoms with Gasteiger partial charge in [0, 0.05) is 45.4 Å². The highest BCUT2D eigenvalue weighted by molar-refractivity contribution is 14.0. The lowest BCUT2D eigenvalue weighted by atomic mass is 10.1. The summed E-state index contributed by atoms with van der Waals surface area (Å²) < 4.78 is 57.4. The van der Waals surface area contributed by atoms with Crippen molar-refractivity contribution >= 4 is 29.9 Å². The highest BCUT2D eigenvalue weighted by Gasteiger charge is 2.41. The molecule has 0 aliphatic carbocycles. The van der Waals surface area contributed by atoms with Crippen LogP contribution in [0.2, 0.25) is 0 Å². The van der Waals surface area contributed by atoms with E-state index in [0.29, 0.717) is 50.8 Å². The second-order valence-electron chi connectivity index (χ2n) is 6.77. The topological polar surface area (TPSA) is 40.1 Å². The van der Waals surface area contributed by atoms with Crippen molar-refractivity contribution in [1.29, 1.82) is 0 Å². The van der Waals surface area contributed by atoms with Crippen LogP contribution in [0.15, 0.2) is 23.2 Å². The molecule has 10 heteroatoms. The minimum atomic E-state index is -4.22. The number of rotatable bonds is 6. The number of hydrogen-bond donors (Lipinski definition) is 1. The Morgan fingerprint density at radius 1 is 1.24 bits per heavy atom. The first kappa shape index (κ1) is 25.9. The number of piperazine rings is 1. The van der Waals surface area contributed by atoms with Gasteiger partial charge in [-0.1, -0.05) is 6.07 Å². The Morgan fingerprint density at radius 3 is 2.45 bits per heavy atom. The average molecular weight is 532 g/mol. The number of nitrogens with zero attached hydrogens (tertiary/aromatic N) is 3. The molecule has 29 heavy (non-hydrogen) atoms. The minimum Gasteiger partial charge on any atom is -0.380 e. The van der Waals surface area contributed by atoms with Crippen LogP contribution in [0.25, 0.3) is 0 Å². The van der Waals surface area contributed by atoms with Gasteiger partial charge in [0.25, 0.3) is 0 Å². The van der Waals surface area contributed by atoms with Crippen LogP contribution in [0, 0.1) is 5.82 Å². The molecule has 1 aromatic carbocycles. The van der Waals surface area contributed by atoms with Gasteiger partial charge < -0.3 is 15.0 Å². The quantitative estimate of drug-likeness (QED) is 0.263. The molecule has 0 saturated carbocycles. The number of alkyl halides is 3.